The summed E-state index contributed by atoms with van der Waals surface area (Å²) in [6.07, 6.45) is -2.64. The van der Waals surface area contributed by atoms with Crippen LogP contribution in [0.3, 0.4) is 0 Å². The van der Waals surface area contributed by atoms with Crippen LogP contribution in [0.5, 0.6) is 11.5 Å². The monoisotopic (exact) mass is 714 g/mol. The third-order valence-electron chi connectivity index (χ3n) is 8.16. The van der Waals surface area contributed by atoms with Gasteiger partial charge in [0.2, 0.25) is 5.91 Å². The normalized spacial score (nSPS) is 15.1. The molecule has 51 heavy (non-hydrogen) atoms. The minimum atomic E-state index is -3.74. The summed E-state index contributed by atoms with van der Waals surface area (Å²) in [5.41, 5.74) is 7.61. The molecule has 2 aliphatic rings. The van der Waals surface area contributed by atoms with Gasteiger partial charge in [0.05, 0.1) is 77.2 Å². The Morgan fingerprint density at radius 3 is 2.08 bits per heavy atom. The third kappa shape index (κ3) is 10.9. The van der Waals surface area contributed by atoms with Crippen molar-refractivity contribution in [3.63, 3.8) is 0 Å². The summed E-state index contributed by atoms with van der Waals surface area (Å²) < 4.78 is 63.2. The minimum absolute atomic E-state index is 0.0757. The van der Waals surface area contributed by atoms with Crippen LogP contribution in [0.4, 0.5) is 14.6 Å². The molecule has 2 amide bonds. The van der Waals surface area contributed by atoms with E-state index < -0.39 is 11.7 Å². The summed E-state index contributed by atoms with van der Waals surface area (Å²) in [6.45, 7) is 7.19. The second-order valence-electron chi connectivity index (χ2n) is 11.9. The van der Waals surface area contributed by atoms with E-state index in [4.69, 9.17) is 29.4 Å². The largest absolute Gasteiger partial charge is 0.586 e. The maximum absolute atomic E-state index is 13.5. The third-order valence-corrected chi connectivity index (χ3v) is 8.16. The van der Waals surface area contributed by atoms with E-state index in [1.807, 2.05) is 19.1 Å². The van der Waals surface area contributed by atoms with Crippen LogP contribution < -0.4 is 25.8 Å². The number of hydrogen-bond acceptors (Lipinski definition) is 11. The van der Waals surface area contributed by atoms with Crippen LogP contribution in [0, 0.1) is 6.92 Å². The number of hydrogen-bond donors (Lipinski definition) is 3. The number of nitrogens with two attached hydrogens (primary N) is 1. The number of nitrogens with one attached hydrogen (secondary N) is 2. The summed E-state index contributed by atoms with van der Waals surface area (Å²) in [6, 6.07) is 15.0. The van der Waals surface area contributed by atoms with Gasteiger partial charge in [0.25, 0.3) is 5.91 Å². The van der Waals surface area contributed by atoms with Crippen molar-refractivity contribution < 1.29 is 51.5 Å². The highest BCUT2D eigenvalue weighted by molar-refractivity contribution is 6.01. The molecule has 13 nitrogen and oxygen atoms in total. The van der Waals surface area contributed by atoms with Crippen LogP contribution >= 0.6 is 0 Å². The Kier molecular flexibility index (Phi) is 13.6. The Labute approximate surface area is 295 Å². The number of carbonyl (C=O) groups is 2. The van der Waals surface area contributed by atoms with Crippen LogP contribution in [0.15, 0.2) is 54.6 Å². The first-order valence-electron chi connectivity index (χ1n) is 16.9. The quantitative estimate of drug-likeness (QED) is 0.130. The lowest BCUT2D eigenvalue weighted by molar-refractivity contribution is -0.286. The standard InChI is InChI=1S/C36H44F2N4O9/c1-25-5-8-31(42-34(44)35(9-10-35)28-6-7-29-30(24-28)51-36(37,38)50-29)41-32(25)26-3-2-4-27(23-26)33(43)40-12-14-46-16-18-48-20-22-49-21-19-47-17-15-45-13-11-39/h2-8,23-24H,9-22,39H2,1H3,(H,40,43)(H,41,42,44). The van der Waals surface area contributed by atoms with Crippen molar-refractivity contribution in [2.24, 2.45) is 5.73 Å². The number of pyridine rings is 1. The fourth-order valence-corrected chi connectivity index (χ4v) is 5.36. The van der Waals surface area contributed by atoms with Crippen molar-refractivity contribution in [1.29, 1.82) is 0 Å². The van der Waals surface area contributed by atoms with Crippen molar-refractivity contribution in [3.05, 3.63) is 71.3 Å². The van der Waals surface area contributed by atoms with Crippen molar-refractivity contribution in [2.45, 2.75) is 31.5 Å². The van der Waals surface area contributed by atoms with E-state index in [0.717, 1.165) is 5.56 Å². The van der Waals surface area contributed by atoms with Crippen LogP contribution in [0.1, 0.15) is 34.3 Å². The lowest BCUT2D eigenvalue weighted by Gasteiger charge is -2.17. The molecule has 0 unspecified atom stereocenters. The Bertz CT molecular complexity index is 1620. The number of rotatable bonds is 22. The maximum Gasteiger partial charge on any atom is 0.586 e. The molecular weight excluding hydrogens is 670 g/mol. The first kappa shape index (κ1) is 38.0. The molecule has 5 rings (SSSR count). The second kappa shape index (κ2) is 18.3. The SMILES string of the molecule is Cc1ccc(NC(=O)C2(c3ccc4c(c3)OC(F)(F)O4)CC2)nc1-c1cccc(C(=O)NCCOCCOCCOCCOCCOCCN)c1. The molecule has 2 heterocycles. The molecule has 4 N–H and O–H groups in total. The molecule has 1 saturated carbocycles. The van der Waals surface area contributed by atoms with Crippen LogP contribution in [-0.4, -0.2) is 102 Å². The fourth-order valence-electron chi connectivity index (χ4n) is 5.36. The number of aromatic nitrogens is 1. The zero-order valence-corrected chi connectivity index (χ0v) is 28.6. The van der Waals surface area contributed by atoms with Crippen molar-refractivity contribution in [2.75, 3.05) is 84.5 Å². The van der Waals surface area contributed by atoms with Gasteiger partial charge in [-0.3, -0.25) is 9.59 Å². The number of nitrogens with zero attached hydrogens (tertiary/aromatic N) is 1. The van der Waals surface area contributed by atoms with Gasteiger partial charge in [0.15, 0.2) is 11.5 Å². The number of aryl methyl sites for hydroxylation is 1. The molecular formula is C36H44F2N4O9. The Morgan fingerprint density at radius 1 is 0.804 bits per heavy atom. The summed E-state index contributed by atoms with van der Waals surface area (Å²) in [4.78, 5) is 31.0. The van der Waals surface area contributed by atoms with E-state index in [2.05, 4.69) is 25.1 Å². The van der Waals surface area contributed by atoms with Crippen LogP contribution in [0.25, 0.3) is 11.3 Å². The van der Waals surface area contributed by atoms with Gasteiger partial charge in [-0.2, -0.15) is 0 Å². The van der Waals surface area contributed by atoms with E-state index in [-0.39, 0.29) is 23.3 Å². The summed E-state index contributed by atoms with van der Waals surface area (Å²) in [5.74, 6) is -0.418. The maximum atomic E-state index is 13.5. The number of anilines is 1. The molecule has 1 aliphatic heterocycles. The zero-order chi connectivity index (χ0) is 36.1. The van der Waals surface area contributed by atoms with Gasteiger partial charge in [-0.25, -0.2) is 4.98 Å². The molecule has 15 heteroatoms. The van der Waals surface area contributed by atoms with E-state index in [1.165, 1.54) is 12.1 Å². The van der Waals surface area contributed by atoms with E-state index in [9.17, 15) is 18.4 Å². The molecule has 0 atom stereocenters. The average molecular weight is 715 g/mol. The molecule has 276 valence electrons. The smallest absolute Gasteiger partial charge is 0.395 e. The number of halogens is 2. The number of amides is 2. The van der Waals surface area contributed by atoms with Gasteiger partial charge < -0.3 is 49.5 Å². The zero-order valence-electron chi connectivity index (χ0n) is 28.6. The van der Waals surface area contributed by atoms with Crippen molar-refractivity contribution >= 4 is 17.6 Å². The molecule has 1 fully saturated rings. The van der Waals surface area contributed by atoms with Gasteiger partial charge in [0.1, 0.15) is 5.82 Å². The topological polar surface area (TPSA) is 162 Å². The highest BCUT2D eigenvalue weighted by atomic mass is 19.3. The van der Waals surface area contributed by atoms with Gasteiger partial charge in [-0.15, -0.1) is 8.78 Å². The average Bonchev–Trinajstić information content (AvgIpc) is 3.87. The predicted octanol–water partition coefficient (Wildman–Crippen LogP) is 3.82. The first-order chi connectivity index (χ1) is 24.7. The molecule has 1 aliphatic carbocycles. The molecule has 0 saturated heterocycles. The lowest BCUT2D eigenvalue weighted by atomic mass is 9.94. The highest BCUT2D eigenvalue weighted by Gasteiger charge is 2.53. The highest BCUT2D eigenvalue weighted by Crippen LogP contribution is 2.52. The first-order valence-corrected chi connectivity index (χ1v) is 16.9. The number of benzene rings is 2. The number of ether oxygens (including phenoxy) is 7. The Hall–Kier alpha value is -4.25. The molecule has 1 aromatic heterocycles. The van der Waals surface area contributed by atoms with Gasteiger partial charge in [-0.1, -0.05) is 24.3 Å². The Balaban J connectivity index is 1.02. The van der Waals surface area contributed by atoms with Gasteiger partial charge >= 0.3 is 6.29 Å². The van der Waals surface area contributed by atoms with E-state index in [1.54, 1.807) is 30.3 Å². The van der Waals surface area contributed by atoms with Crippen LogP contribution in [0.2, 0.25) is 0 Å². The summed E-state index contributed by atoms with van der Waals surface area (Å²) in [5, 5.41) is 5.74. The minimum Gasteiger partial charge on any atom is -0.395 e. The molecule has 0 bridgehead atoms. The molecule has 0 spiro atoms. The van der Waals surface area contributed by atoms with Crippen molar-refractivity contribution in [3.8, 4) is 22.8 Å². The molecule has 0 radical (unpaired) electrons. The van der Waals surface area contributed by atoms with E-state index in [0.29, 0.717) is 120 Å². The van der Waals surface area contributed by atoms with Crippen LogP contribution in [-0.2, 0) is 33.9 Å². The lowest BCUT2D eigenvalue weighted by Crippen LogP contribution is -2.28. The van der Waals surface area contributed by atoms with E-state index >= 15 is 0 Å². The summed E-state index contributed by atoms with van der Waals surface area (Å²) >= 11 is 0. The number of alkyl halides is 2. The fraction of sp³-hybridized carbons (Fsp3) is 0.472. The second-order valence-corrected chi connectivity index (χ2v) is 11.9. The van der Waals surface area contributed by atoms with Gasteiger partial charge in [0, 0.05) is 24.2 Å². The number of carbonyl (C=O) groups excluding carboxylic acids is 2. The molecule has 3 aromatic rings. The number of fused-ring (bicyclic) bond motifs is 1. The molecule has 2 aromatic carbocycles. The summed E-state index contributed by atoms with van der Waals surface area (Å²) in [7, 11) is 0. The van der Waals surface area contributed by atoms with Gasteiger partial charge in [-0.05, 0) is 61.2 Å². The predicted molar refractivity (Wildman–Crippen MR) is 182 cm³/mol. The Morgan fingerprint density at radius 2 is 1.43 bits per heavy atom. The van der Waals surface area contributed by atoms with Crippen molar-refractivity contribution in [1.82, 2.24) is 10.3 Å².